The lowest BCUT2D eigenvalue weighted by Gasteiger charge is -2.48. The first kappa shape index (κ1) is 22.2. The van der Waals surface area contributed by atoms with E-state index in [9.17, 15) is 4.79 Å². The first-order chi connectivity index (χ1) is 16.0. The molecule has 1 aromatic heterocycles. The van der Waals surface area contributed by atoms with Crippen molar-refractivity contribution in [2.75, 3.05) is 38.6 Å². The van der Waals surface area contributed by atoms with E-state index in [0.29, 0.717) is 6.54 Å². The molecular weight excluding hydrogens is 410 g/mol. The van der Waals surface area contributed by atoms with Gasteiger partial charge in [0.15, 0.2) is 0 Å². The Labute approximate surface area is 198 Å². The van der Waals surface area contributed by atoms with Gasteiger partial charge in [-0.1, -0.05) is 30.3 Å². The molecule has 1 spiro atoms. The number of piperidine rings is 1. The molecule has 3 fully saturated rings. The standard InChI is InChI=1S/C27H37N5O/c1-30(2)27(23-9-5-3-6-10-23)14-12-26(13-15-27)21-32(25(33)29-26)20-22-11-16-28-24(19-22)31-17-7-4-8-18-31/h3,5-6,9-11,16,19H,4,7-8,12-15,17-18,20-21H2,1-2H3,(H,29,33)/t26-,27-. The van der Waals surface area contributed by atoms with E-state index < -0.39 is 0 Å². The van der Waals surface area contributed by atoms with Gasteiger partial charge in [-0.25, -0.2) is 9.78 Å². The van der Waals surface area contributed by atoms with Gasteiger partial charge in [0.25, 0.3) is 0 Å². The quantitative estimate of drug-likeness (QED) is 0.740. The van der Waals surface area contributed by atoms with Crippen LogP contribution in [-0.4, -0.2) is 60.1 Å². The van der Waals surface area contributed by atoms with Crippen molar-refractivity contribution >= 4 is 11.8 Å². The number of nitrogens with zero attached hydrogens (tertiary/aromatic N) is 4. The SMILES string of the molecule is CN(C)[C@]1(c2ccccc2)CC[C@@]2(CC1)CN(Cc1ccnc(N3CCCCC3)c1)C(=O)N2. The van der Waals surface area contributed by atoms with Crippen molar-refractivity contribution in [3.8, 4) is 0 Å². The second-order valence-corrected chi connectivity index (χ2v) is 10.4. The molecule has 1 aliphatic carbocycles. The summed E-state index contributed by atoms with van der Waals surface area (Å²) in [5.41, 5.74) is 2.47. The molecule has 1 saturated carbocycles. The van der Waals surface area contributed by atoms with Crippen LogP contribution in [0.2, 0.25) is 0 Å². The van der Waals surface area contributed by atoms with Gasteiger partial charge in [-0.15, -0.1) is 0 Å². The topological polar surface area (TPSA) is 51.7 Å². The van der Waals surface area contributed by atoms with Crippen LogP contribution in [0, 0.1) is 0 Å². The number of hydrogen-bond acceptors (Lipinski definition) is 4. The highest BCUT2D eigenvalue weighted by atomic mass is 16.2. The lowest BCUT2D eigenvalue weighted by molar-refractivity contribution is 0.0617. The molecule has 1 N–H and O–H groups in total. The monoisotopic (exact) mass is 447 g/mol. The third kappa shape index (κ3) is 4.33. The van der Waals surface area contributed by atoms with Crippen LogP contribution in [0.4, 0.5) is 10.6 Å². The largest absolute Gasteiger partial charge is 0.357 e. The van der Waals surface area contributed by atoms with Crippen LogP contribution < -0.4 is 10.2 Å². The number of pyridine rings is 1. The highest BCUT2D eigenvalue weighted by molar-refractivity contribution is 5.78. The maximum atomic E-state index is 13.0. The van der Waals surface area contributed by atoms with Gasteiger partial charge in [-0.3, -0.25) is 4.90 Å². The molecule has 2 saturated heterocycles. The number of rotatable bonds is 5. The highest BCUT2D eigenvalue weighted by Gasteiger charge is 2.49. The van der Waals surface area contributed by atoms with Crippen LogP contribution in [0.3, 0.4) is 0 Å². The van der Waals surface area contributed by atoms with E-state index in [1.54, 1.807) is 0 Å². The lowest BCUT2D eigenvalue weighted by atomic mass is 9.69. The van der Waals surface area contributed by atoms with Crippen molar-refractivity contribution < 1.29 is 4.79 Å². The maximum absolute atomic E-state index is 13.0. The molecule has 2 aromatic rings. The average molecular weight is 448 g/mol. The minimum atomic E-state index is -0.117. The Morgan fingerprint density at radius 3 is 2.42 bits per heavy atom. The van der Waals surface area contributed by atoms with Gasteiger partial charge < -0.3 is 15.1 Å². The molecule has 6 nitrogen and oxygen atoms in total. The summed E-state index contributed by atoms with van der Waals surface area (Å²) in [6, 6.07) is 15.2. The Morgan fingerprint density at radius 2 is 1.73 bits per heavy atom. The van der Waals surface area contributed by atoms with Crippen molar-refractivity contribution in [2.24, 2.45) is 0 Å². The predicted octanol–water partition coefficient (Wildman–Crippen LogP) is 4.37. The summed E-state index contributed by atoms with van der Waals surface area (Å²) >= 11 is 0. The van der Waals surface area contributed by atoms with Gasteiger partial charge in [-0.05, 0) is 82.3 Å². The van der Waals surface area contributed by atoms with E-state index in [2.05, 4.69) is 76.7 Å². The van der Waals surface area contributed by atoms with Crippen molar-refractivity contribution in [3.05, 3.63) is 59.8 Å². The van der Waals surface area contributed by atoms with Gasteiger partial charge in [0, 0.05) is 37.9 Å². The van der Waals surface area contributed by atoms with Crippen LogP contribution in [0.25, 0.3) is 0 Å². The fraction of sp³-hybridized carbons (Fsp3) is 0.556. The molecule has 3 heterocycles. The second kappa shape index (κ2) is 8.98. The summed E-state index contributed by atoms with van der Waals surface area (Å²) in [4.78, 5) is 24.3. The van der Waals surface area contributed by atoms with E-state index in [-0.39, 0.29) is 17.1 Å². The molecule has 3 aliphatic rings. The van der Waals surface area contributed by atoms with Crippen molar-refractivity contribution in [1.29, 1.82) is 0 Å². The van der Waals surface area contributed by atoms with E-state index in [1.165, 1.54) is 30.4 Å². The number of carbonyl (C=O) groups excluding carboxylic acids is 1. The van der Waals surface area contributed by atoms with Crippen molar-refractivity contribution in [2.45, 2.75) is 62.6 Å². The number of carbonyl (C=O) groups is 1. The summed E-state index contributed by atoms with van der Waals surface area (Å²) < 4.78 is 0. The van der Waals surface area contributed by atoms with Crippen LogP contribution in [0.5, 0.6) is 0 Å². The Hall–Kier alpha value is -2.60. The number of anilines is 1. The minimum Gasteiger partial charge on any atom is -0.357 e. The summed E-state index contributed by atoms with van der Waals surface area (Å²) in [5, 5.41) is 3.39. The Morgan fingerprint density at radius 1 is 1.00 bits per heavy atom. The zero-order chi connectivity index (χ0) is 22.9. The smallest absolute Gasteiger partial charge is 0.318 e. The lowest BCUT2D eigenvalue weighted by Crippen LogP contribution is -2.54. The third-order valence-corrected chi connectivity index (χ3v) is 8.22. The van der Waals surface area contributed by atoms with Crippen LogP contribution >= 0.6 is 0 Å². The normalized spacial score (nSPS) is 27.9. The molecule has 176 valence electrons. The summed E-state index contributed by atoms with van der Waals surface area (Å²) in [5.74, 6) is 1.05. The van der Waals surface area contributed by atoms with Gasteiger partial charge in [-0.2, -0.15) is 0 Å². The summed E-state index contributed by atoms with van der Waals surface area (Å²) in [7, 11) is 4.38. The summed E-state index contributed by atoms with van der Waals surface area (Å²) in [6.45, 7) is 3.59. The molecule has 6 heteroatoms. The fourth-order valence-electron chi connectivity index (χ4n) is 6.15. The fourth-order valence-corrected chi connectivity index (χ4v) is 6.15. The Kier molecular flexibility index (Phi) is 6.04. The van der Waals surface area contributed by atoms with Gasteiger partial charge in [0.05, 0.1) is 5.54 Å². The molecular formula is C27H37N5O. The van der Waals surface area contributed by atoms with Gasteiger partial charge in [0.1, 0.15) is 5.82 Å². The molecule has 1 aromatic carbocycles. The molecule has 5 rings (SSSR count). The predicted molar refractivity (Wildman–Crippen MR) is 132 cm³/mol. The number of hydrogen-bond donors (Lipinski definition) is 1. The number of nitrogens with one attached hydrogen (secondary N) is 1. The summed E-state index contributed by atoms with van der Waals surface area (Å²) in [6.07, 6.45) is 9.77. The van der Waals surface area contributed by atoms with Gasteiger partial charge >= 0.3 is 6.03 Å². The number of benzene rings is 1. The van der Waals surface area contributed by atoms with E-state index in [1.807, 2.05) is 11.1 Å². The molecule has 0 atom stereocenters. The first-order valence-corrected chi connectivity index (χ1v) is 12.5. The van der Waals surface area contributed by atoms with Crippen LogP contribution in [-0.2, 0) is 12.1 Å². The average Bonchev–Trinajstić information content (AvgIpc) is 3.15. The number of amides is 2. The first-order valence-electron chi connectivity index (χ1n) is 12.5. The van der Waals surface area contributed by atoms with E-state index in [4.69, 9.17) is 0 Å². The molecule has 0 bridgehead atoms. The van der Waals surface area contributed by atoms with Crippen LogP contribution in [0.1, 0.15) is 56.1 Å². The van der Waals surface area contributed by atoms with Gasteiger partial charge in [0.2, 0.25) is 0 Å². The van der Waals surface area contributed by atoms with E-state index >= 15 is 0 Å². The molecule has 0 radical (unpaired) electrons. The highest BCUT2D eigenvalue weighted by Crippen LogP contribution is 2.46. The Bertz CT molecular complexity index is 961. The molecule has 2 amide bonds. The maximum Gasteiger partial charge on any atom is 0.318 e. The van der Waals surface area contributed by atoms with Crippen LogP contribution in [0.15, 0.2) is 48.7 Å². The zero-order valence-corrected chi connectivity index (χ0v) is 20.1. The number of aromatic nitrogens is 1. The molecule has 2 aliphatic heterocycles. The Balaban J connectivity index is 1.27. The third-order valence-electron chi connectivity index (χ3n) is 8.22. The zero-order valence-electron chi connectivity index (χ0n) is 20.1. The number of urea groups is 1. The second-order valence-electron chi connectivity index (χ2n) is 10.4. The van der Waals surface area contributed by atoms with Crippen molar-refractivity contribution in [3.63, 3.8) is 0 Å². The molecule has 33 heavy (non-hydrogen) atoms. The van der Waals surface area contributed by atoms with Crippen molar-refractivity contribution in [1.82, 2.24) is 20.1 Å². The van der Waals surface area contributed by atoms with E-state index in [0.717, 1.165) is 51.1 Å². The minimum absolute atomic E-state index is 0.0408. The molecule has 0 unspecified atom stereocenters.